The first-order chi connectivity index (χ1) is 13.7. The Bertz CT molecular complexity index is 1290. The van der Waals surface area contributed by atoms with Crippen LogP contribution in [0.3, 0.4) is 0 Å². The molecular formula is C18H20N2O7S2. The van der Waals surface area contributed by atoms with Gasteiger partial charge in [0, 0.05) is 20.1 Å². The highest BCUT2D eigenvalue weighted by molar-refractivity contribution is 7.91. The SMILES string of the molecule is Cn1c(=O)oc2ccc(S(=O)(=O)N3CCC(S(=O)(=O)Cc4ccco4)CC3)cc21. The summed E-state index contributed by atoms with van der Waals surface area (Å²) in [5, 5.41) is -0.615. The van der Waals surface area contributed by atoms with Gasteiger partial charge in [-0.1, -0.05) is 0 Å². The lowest BCUT2D eigenvalue weighted by Crippen LogP contribution is -2.42. The molecule has 11 heteroatoms. The van der Waals surface area contributed by atoms with E-state index in [1.54, 1.807) is 12.1 Å². The first kappa shape index (κ1) is 19.9. The van der Waals surface area contributed by atoms with Gasteiger partial charge in [-0.05, 0) is 43.2 Å². The number of nitrogens with zero attached hydrogens (tertiary/aromatic N) is 2. The smallest absolute Gasteiger partial charge is 0.419 e. The van der Waals surface area contributed by atoms with E-state index in [0.717, 1.165) is 0 Å². The maximum atomic E-state index is 13.0. The van der Waals surface area contributed by atoms with Crippen LogP contribution in [0.25, 0.3) is 11.1 Å². The third-order valence-corrected chi connectivity index (χ3v) is 9.30. The Labute approximate surface area is 167 Å². The first-order valence-corrected chi connectivity index (χ1v) is 12.2. The summed E-state index contributed by atoms with van der Waals surface area (Å²) in [7, 11) is -5.75. The first-order valence-electron chi connectivity index (χ1n) is 9.02. The molecular weight excluding hydrogens is 420 g/mol. The maximum Gasteiger partial charge on any atom is 0.419 e. The number of oxazole rings is 1. The van der Waals surface area contributed by atoms with E-state index in [1.807, 2.05) is 0 Å². The van der Waals surface area contributed by atoms with E-state index in [0.29, 0.717) is 16.9 Å². The van der Waals surface area contributed by atoms with Crippen molar-refractivity contribution in [1.82, 2.24) is 8.87 Å². The van der Waals surface area contributed by atoms with Gasteiger partial charge in [-0.3, -0.25) is 4.57 Å². The highest BCUT2D eigenvalue weighted by Gasteiger charge is 2.35. The lowest BCUT2D eigenvalue weighted by Gasteiger charge is -2.30. The predicted molar refractivity (Wildman–Crippen MR) is 105 cm³/mol. The number of piperidine rings is 1. The van der Waals surface area contributed by atoms with E-state index in [9.17, 15) is 21.6 Å². The van der Waals surface area contributed by atoms with E-state index in [1.165, 1.54) is 40.4 Å². The summed E-state index contributed by atoms with van der Waals surface area (Å²) in [6.45, 7) is 0.208. The van der Waals surface area contributed by atoms with Crippen LogP contribution in [-0.4, -0.2) is 44.0 Å². The van der Waals surface area contributed by atoms with Gasteiger partial charge in [-0.25, -0.2) is 21.6 Å². The lowest BCUT2D eigenvalue weighted by molar-refractivity contribution is 0.345. The quantitative estimate of drug-likeness (QED) is 0.589. The van der Waals surface area contributed by atoms with Crippen molar-refractivity contribution < 1.29 is 25.7 Å². The number of rotatable bonds is 5. The third kappa shape index (κ3) is 3.65. The fraction of sp³-hybridized carbons (Fsp3) is 0.389. The van der Waals surface area contributed by atoms with Gasteiger partial charge >= 0.3 is 5.76 Å². The van der Waals surface area contributed by atoms with E-state index in [-0.39, 0.29) is 36.6 Å². The molecule has 0 saturated carbocycles. The van der Waals surface area contributed by atoms with Crippen LogP contribution in [0, 0.1) is 0 Å². The van der Waals surface area contributed by atoms with Crippen LogP contribution in [0.5, 0.6) is 0 Å². The molecule has 1 aliphatic heterocycles. The van der Waals surface area contributed by atoms with Gasteiger partial charge in [0.2, 0.25) is 10.0 Å². The van der Waals surface area contributed by atoms with Crippen molar-refractivity contribution in [2.45, 2.75) is 28.7 Å². The summed E-state index contributed by atoms with van der Waals surface area (Å²) in [4.78, 5) is 11.7. The summed E-state index contributed by atoms with van der Waals surface area (Å²) in [5.74, 6) is -0.390. The highest BCUT2D eigenvalue weighted by atomic mass is 32.2. The number of sulfone groups is 1. The highest BCUT2D eigenvalue weighted by Crippen LogP contribution is 2.27. The Morgan fingerprint density at radius 2 is 1.83 bits per heavy atom. The molecule has 4 rings (SSSR count). The van der Waals surface area contributed by atoms with Crippen LogP contribution < -0.4 is 5.76 Å². The Balaban J connectivity index is 1.51. The van der Waals surface area contributed by atoms with E-state index >= 15 is 0 Å². The summed E-state index contributed by atoms with van der Waals surface area (Å²) >= 11 is 0. The second kappa shape index (κ2) is 7.15. The van der Waals surface area contributed by atoms with Crippen LogP contribution in [-0.2, 0) is 32.7 Å². The zero-order chi connectivity index (χ0) is 20.8. The van der Waals surface area contributed by atoms with Crippen LogP contribution in [0.4, 0.5) is 0 Å². The Kier molecular flexibility index (Phi) is 4.91. The van der Waals surface area contributed by atoms with E-state index in [4.69, 9.17) is 8.83 Å². The molecule has 1 aromatic carbocycles. The van der Waals surface area contributed by atoms with Crippen molar-refractivity contribution in [3.05, 3.63) is 52.9 Å². The van der Waals surface area contributed by atoms with Crippen molar-refractivity contribution in [3.63, 3.8) is 0 Å². The minimum Gasteiger partial charge on any atom is -0.468 e. The number of sulfonamides is 1. The third-order valence-electron chi connectivity index (χ3n) is 5.23. The standard InChI is InChI=1S/C18H20N2O7S2/c1-19-16-11-15(4-5-17(16)27-18(19)21)29(24,25)20-8-6-14(7-9-20)28(22,23)12-13-3-2-10-26-13/h2-5,10-11,14H,6-9,12H2,1H3. The number of benzene rings is 1. The van der Waals surface area contributed by atoms with Gasteiger partial charge in [-0.15, -0.1) is 0 Å². The van der Waals surface area contributed by atoms with Gasteiger partial charge in [0.1, 0.15) is 11.5 Å². The lowest BCUT2D eigenvalue weighted by atomic mass is 10.2. The molecule has 1 fully saturated rings. The summed E-state index contributed by atoms with van der Waals surface area (Å²) < 4.78 is 63.9. The number of aromatic nitrogens is 1. The molecule has 0 N–H and O–H groups in total. The number of hydrogen-bond acceptors (Lipinski definition) is 7. The number of hydrogen-bond donors (Lipinski definition) is 0. The van der Waals surface area contributed by atoms with Crippen molar-refractivity contribution in [2.75, 3.05) is 13.1 Å². The molecule has 0 amide bonds. The van der Waals surface area contributed by atoms with Crippen LogP contribution in [0.1, 0.15) is 18.6 Å². The monoisotopic (exact) mass is 440 g/mol. The molecule has 156 valence electrons. The number of fused-ring (bicyclic) bond motifs is 1. The molecule has 2 aromatic heterocycles. The van der Waals surface area contributed by atoms with Crippen LogP contribution in [0.2, 0.25) is 0 Å². The molecule has 3 aromatic rings. The number of furan rings is 1. The Morgan fingerprint density at radius 3 is 2.48 bits per heavy atom. The molecule has 3 heterocycles. The zero-order valence-electron chi connectivity index (χ0n) is 15.6. The summed E-state index contributed by atoms with van der Waals surface area (Å²) in [6.07, 6.45) is 1.86. The molecule has 0 radical (unpaired) electrons. The minimum absolute atomic E-state index is 0.0401. The van der Waals surface area contributed by atoms with Crippen molar-refractivity contribution >= 4 is 31.0 Å². The molecule has 0 aliphatic carbocycles. The van der Waals surface area contributed by atoms with E-state index in [2.05, 4.69) is 0 Å². The van der Waals surface area contributed by atoms with Gasteiger partial charge in [-0.2, -0.15) is 4.31 Å². The second-order valence-electron chi connectivity index (χ2n) is 7.05. The van der Waals surface area contributed by atoms with Gasteiger partial charge in [0.25, 0.3) is 0 Å². The molecule has 0 bridgehead atoms. The molecule has 0 atom stereocenters. The Hall–Kier alpha value is -2.37. The van der Waals surface area contributed by atoms with Gasteiger partial charge in [0.05, 0.1) is 21.9 Å². The average Bonchev–Trinajstić information content (AvgIpc) is 3.29. The molecule has 9 nitrogen and oxygen atoms in total. The number of aryl methyl sites for hydroxylation is 1. The molecule has 0 spiro atoms. The summed E-state index contributed by atoms with van der Waals surface area (Å²) in [6, 6.07) is 7.48. The van der Waals surface area contributed by atoms with Crippen LogP contribution >= 0.6 is 0 Å². The van der Waals surface area contributed by atoms with Gasteiger partial charge < -0.3 is 8.83 Å². The normalized spacial score (nSPS) is 17.1. The summed E-state index contributed by atoms with van der Waals surface area (Å²) in [5.41, 5.74) is 0.686. The largest absolute Gasteiger partial charge is 0.468 e. The molecule has 0 unspecified atom stereocenters. The maximum absolute atomic E-state index is 13.0. The zero-order valence-corrected chi connectivity index (χ0v) is 17.3. The van der Waals surface area contributed by atoms with Crippen molar-refractivity contribution in [1.29, 1.82) is 0 Å². The van der Waals surface area contributed by atoms with Crippen LogP contribution in [0.15, 0.2) is 55.1 Å². The molecule has 1 aliphatic rings. The predicted octanol–water partition coefficient (Wildman–Crippen LogP) is 1.49. The minimum atomic E-state index is -3.82. The second-order valence-corrected chi connectivity index (χ2v) is 11.3. The molecule has 1 saturated heterocycles. The van der Waals surface area contributed by atoms with Crippen molar-refractivity contribution in [2.24, 2.45) is 7.05 Å². The fourth-order valence-corrected chi connectivity index (χ4v) is 6.77. The fourth-order valence-electron chi connectivity index (χ4n) is 3.56. The molecule has 29 heavy (non-hydrogen) atoms. The van der Waals surface area contributed by atoms with Crippen molar-refractivity contribution in [3.8, 4) is 0 Å². The average molecular weight is 440 g/mol. The van der Waals surface area contributed by atoms with E-state index < -0.39 is 30.9 Å². The topological polar surface area (TPSA) is 120 Å². The Morgan fingerprint density at radius 1 is 1.10 bits per heavy atom. The van der Waals surface area contributed by atoms with Gasteiger partial charge in [0.15, 0.2) is 15.4 Å².